The molecule has 1 aromatic heterocycles. The first-order chi connectivity index (χ1) is 16.2. The summed E-state index contributed by atoms with van der Waals surface area (Å²) in [4.78, 5) is 37.1. The molecule has 0 aliphatic heterocycles. The molecular weight excluding hydrogens is 454 g/mol. The van der Waals surface area contributed by atoms with Gasteiger partial charge in [-0.05, 0) is 56.2 Å². The van der Waals surface area contributed by atoms with Gasteiger partial charge in [0.15, 0.2) is 0 Å². The molecule has 3 aromatic carbocycles. The number of benzene rings is 3. The third kappa shape index (κ3) is 4.87. The normalized spacial score (nSPS) is 10.9. The van der Waals surface area contributed by atoms with Crippen molar-refractivity contribution in [3.05, 3.63) is 109 Å². The number of rotatable bonds is 6. The summed E-state index contributed by atoms with van der Waals surface area (Å²) in [6.07, 6.45) is 0. The number of nitrogens with zero attached hydrogens (tertiary/aromatic N) is 1. The zero-order valence-electron chi connectivity index (χ0n) is 18.8. The molecule has 172 valence electrons. The lowest BCUT2D eigenvalue weighted by molar-refractivity contribution is -0.387. The Labute approximate surface area is 199 Å². The molecule has 7 nitrogen and oxygen atoms in total. The fraction of sp³-hybridized carbons (Fsp3) is 0.154. The summed E-state index contributed by atoms with van der Waals surface area (Å²) in [6, 6.07) is 16.9. The summed E-state index contributed by atoms with van der Waals surface area (Å²) < 4.78 is 10.7. The van der Waals surface area contributed by atoms with Crippen LogP contribution >= 0.6 is 11.8 Å². The highest BCUT2D eigenvalue weighted by Crippen LogP contribution is 2.35. The van der Waals surface area contributed by atoms with Gasteiger partial charge in [-0.1, -0.05) is 41.6 Å². The van der Waals surface area contributed by atoms with Gasteiger partial charge in [0.25, 0.3) is 5.69 Å². The van der Waals surface area contributed by atoms with E-state index in [9.17, 15) is 19.7 Å². The first-order valence-electron chi connectivity index (χ1n) is 10.5. The van der Waals surface area contributed by atoms with Gasteiger partial charge in [0.05, 0.1) is 15.4 Å². The Morgan fingerprint density at radius 2 is 1.76 bits per heavy atom. The van der Waals surface area contributed by atoms with Crippen molar-refractivity contribution in [2.24, 2.45) is 0 Å². The van der Waals surface area contributed by atoms with Gasteiger partial charge in [0.2, 0.25) is 0 Å². The van der Waals surface area contributed by atoms with Crippen molar-refractivity contribution in [1.82, 2.24) is 0 Å². The van der Waals surface area contributed by atoms with Crippen molar-refractivity contribution in [2.75, 3.05) is 0 Å². The van der Waals surface area contributed by atoms with Crippen LogP contribution in [0.1, 0.15) is 32.6 Å². The van der Waals surface area contributed by atoms with E-state index in [1.54, 1.807) is 0 Å². The molecule has 0 aliphatic rings. The molecule has 0 aliphatic carbocycles. The van der Waals surface area contributed by atoms with Gasteiger partial charge in [-0.15, -0.1) is 0 Å². The Morgan fingerprint density at radius 1 is 1.03 bits per heavy atom. The van der Waals surface area contributed by atoms with Crippen molar-refractivity contribution in [3.8, 4) is 0 Å². The van der Waals surface area contributed by atoms with Gasteiger partial charge in [-0.2, -0.15) is 0 Å². The first-order valence-corrected chi connectivity index (χ1v) is 11.3. The van der Waals surface area contributed by atoms with Crippen LogP contribution in [-0.2, 0) is 11.3 Å². The van der Waals surface area contributed by atoms with Gasteiger partial charge < -0.3 is 9.15 Å². The van der Waals surface area contributed by atoms with E-state index >= 15 is 0 Å². The Hall–Kier alpha value is -3.91. The molecule has 0 unspecified atom stereocenters. The van der Waals surface area contributed by atoms with Crippen molar-refractivity contribution >= 4 is 34.4 Å². The van der Waals surface area contributed by atoms with Crippen LogP contribution in [0.5, 0.6) is 0 Å². The molecule has 0 radical (unpaired) electrons. The summed E-state index contributed by atoms with van der Waals surface area (Å²) in [7, 11) is 0. The maximum Gasteiger partial charge on any atom is 0.338 e. The van der Waals surface area contributed by atoms with E-state index in [2.05, 4.69) is 0 Å². The number of nitro groups is 1. The van der Waals surface area contributed by atoms with Gasteiger partial charge >= 0.3 is 11.6 Å². The van der Waals surface area contributed by atoms with Crippen LogP contribution in [0.15, 0.2) is 79.7 Å². The van der Waals surface area contributed by atoms with Crippen molar-refractivity contribution in [2.45, 2.75) is 37.2 Å². The highest BCUT2D eigenvalue weighted by molar-refractivity contribution is 7.99. The zero-order valence-corrected chi connectivity index (χ0v) is 19.6. The van der Waals surface area contributed by atoms with Crippen LogP contribution in [0, 0.1) is 30.9 Å². The van der Waals surface area contributed by atoms with Gasteiger partial charge in [0.1, 0.15) is 12.2 Å². The molecule has 0 fully saturated rings. The number of fused-ring (bicyclic) bond motifs is 1. The van der Waals surface area contributed by atoms with Crippen LogP contribution in [0.4, 0.5) is 5.69 Å². The smallest absolute Gasteiger partial charge is 0.338 e. The minimum Gasteiger partial charge on any atom is -0.457 e. The monoisotopic (exact) mass is 475 g/mol. The average molecular weight is 476 g/mol. The fourth-order valence-corrected chi connectivity index (χ4v) is 4.38. The third-order valence-corrected chi connectivity index (χ3v) is 6.59. The molecule has 0 spiro atoms. The Bertz CT molecular complexity index is 1470. The second-order valence-electron chi connectivity index (χ2n) is 7.91. The standard InChI is InChI=1S/C26H21NO6S/c1-15-4-8-20(9-5-15)34-23-11-7-18(12-22(23)27(30)31)26(29)32-14-19-13-24(28)33-25-17(3)16(2)6-10-21(19)25/h4-13H,14H2,1-3H3. The number of ether oxygens (including phenoxy) is 1. The van der Waals surface area contributed by atoms with Crippen LogP contribution in [0.3, 0.4) is 0 Å². The number of esters is 1. The lowest BCUT2D eigenvalue weighted by atomic mass is 10.0. The fourth-order valence-electron chi connectivity index (χ4n) is 3.48. The minimum absolute atomic E-state index is 0.0549. The summed E-state index contributed by atoms with van der Waals surface area (Å²) in [5.74, 6) is -0.722. The molecule has 1 heterocycles. The first kappa shape index (κ1) is 23.3. The molecule has 8 heteroatoms. The molecule has 0 bridgehead atoms. The predicted octanol–water partition coefficient (Wildman–Crippen LogP) is 6.13. The van der Waals surface area contributed by atoms with E-state index in [4.69, 9.17) is 9.15 Å². The topological polar surface area (TPSA) is 99.7 Å². The quantitative estimate of drug-likeness (QED) is 0.143. The highest BCUT2D eigenvalue weighted by Gasteiger charge is 2.20. The molecule has 0 N–H and O–H groups in total. The van der Waals surface area contributed by atoms with E-state index in [1.165, 1.54) is 36.0 Å². The number of aryl methyl sites for hydroxylation is 3. The van der Waals surface area contributed by atoms with E-state index in [0.717, 1.165) is 21.6 Å². The Morgan fingerprint density at radius 3 is 2.47 bits per heavy atom. The molecule has 34 heavy (non-hydrogen) atoms. The average Bonchev–Trinajstić information content (AvgIpc) is 2.81. The number of nitro benzene ring substituents is 1. The van der Waals surface area contributed by atoms with Gasteiger partial charge in [0, 0.05) is 28.0 Å². The van der Waals surface area contributed by atoms with Crippen molar-refractivity contribution < 1.29 is 18.9 Å². The molecule has 4 aromatic rings. The Kier molecular flexibility index (Phi) is 6.51. The Balaban J connectivity index is 1.57. The summed E-state index contributed by atoms with van der Waals surface area (Å²) in [5, 5.41) is 12.3. The largest absolute Gasteiger partial charge is 0.457 e. The maximum absolute atomic E-state index is 12.7. The molecule has 0 saturated heterocycles. The second-order valence-corrected chi connectivity index (χ2v) is 9.02. The summed E-state index contributed by atoms with van der Waals surface area (Å²) in [6.45, 7) is 5.56. The van der Waals surface area contributed by atoms with E-state index in [0.29, 0.717) is 21.4 Å². The van der Waals surface area contributed by atoms with Crippen LogP contribution in [-0.4, -0.2) is 10.9 Å². The molecule has 0 amide bonds. The van der Waals surface area contributed by atoms with E-state index in [1.807, 2.05) is 57.2 Å². The van der Waals surface area contributed by atoms with E-state index < -0.39 is 16.5 Å². The van der Waals surface area contributed by atoms with Crippen molar-refractivity contribution in [3.63, 3.8) is 0 Å². The summed E-state index contributed by atoms with van der Waals surface area (Å²) in [5.41, 5.74) is 3.18. The van der Waals surface area contributed by atoms with Crippen LogP contribution in [0.2, 0.25) is 0 Å². The lowest BCUT2D eigenvalue weighted by Gasteiger charge is -2.10. The minimum atomic E-state index is -0.722. The number of hydrogen-bond acceptors (Lipinski definition) is 7. The van der Waals surface area contributed by atoms with E-state index in [-0.39, 0.29) is 17.9 Å². The lowest BCUT2D eigenvalue weighted by Crippen LogP contribution is -2.09. The number of carbonyl (C=O) groups excluding carboxylic acids is 1. The maximum atomic E-state index is 12.7. The molecule has 0 atom stereocenters. The molecule has 4 rings (SSSR count). The molecule has 0 saturated carbocycles. The second kappa shape index (κ2) is 9.52. The number of carbonyl (C=O) groups is 1. The summed E-state index contributed by atoms with van der Waals surface area (Å²) >= 11 is 1.25. The third-order valence-electron chi connectivity index (χ3n) is 5.52. The molecular formula is C26H21NO6S. The highest BCUT2D eigenvalue weighted by atomic mass is 32.2. The van der Waals surface area contributed by atoms with Crippen molar-refractivity contribution in [1.29, 1.82) is 0 Å². The predicted molar refractivity (Wildman–Crippen MR) is 129 cm³/mol. The van der Waals surface area contributed by atoms with Gasteiger partial charge in [-0.3, -0.25) is 10.1 Å². The van der Waals surface area contributed by atoms with Crippen LogP contribution < -0.4 is 5.63 Å². The van der Waals surface area contributed by atoms with Crippen LogP contribution in [0.25, 0.3) is 11.0 Å². The SMILES string of the molecule is Cc1ccc(Sc2ccc(C(=O)OCc3cc(=O)oc4c(C)c(C)ccc34)cc2[N+](=O)[O-])cc1. The zero-order chi connectivity index (χ0) is 24.4. The number of hydrogen-bond donors (Lipinski definition) is 0. The van der Waals surface area contributed by atoms with Gasteiger partial charge in [-0.25, -0.2) is 9.59 Å².